The van der Waals surface area contributed by atoms with Crippen molar-refractivity contribution in [2.45, 2.75) is 12.6 Å². The fourth-order valence-corrected chi connectivity index (χ4v) is 2.66. The van der Waals surface area contributed by atoms with Crippen LogP contribution >= 0.6 is 11.6 Å². The van der Waals surface area contributed by atoms with E-state index in [0.717, 1.165) is 18.7 Å². The minimum atomic E-state index is -1.18. The summed E-state index contributed by atoms with van der Waals surface area (Å²) in [5.74, 6) is 0. The molecule has 3 heteroatoms. The number of rotatable bonds is 2. The molecule has 0 fully saturated rings. The predicted molar refractivity (Wildman–Crippen MR) is 73.0 cm³/mol. The summed E-state index contributed by atoms with van der Waals surface area (Å²) in [7, 11) is 0. The maximum atomic E-state index is 14.7. The van der Waals surface area contributed by atoms with Crippen LogP contribution in [-0.4, -0.2) is 6.54 Å². The number of anilines is 1. The van der Waals surface area contributed by atoms with Gasteiger partial charge in [0.2, 0.25) is 0 Å². The van der Waals surface area contributed by atoms with Gasteiger partial charge in [0.15, 0.2) is 6.17 Å². The largest absolute Gasteiger partial charge is 0.384 e. The predicted octanol–water partition coefficient (Wildman–Crippen LogP) is 4.37. The van der Waals surface area contributed by atoms with Crippen LogP contribution < -0.4 is 5.32 Å². The lowest BCUT2D eigenvalue weighted by Gasteiger charge is -2.14. The Hall–Kier alpha value is -1.54. The van der Waals surface area contributed by atoms with Gasteiger partial charge in [-0.05, 0) is 18.1 Å². The van der Waals surface area contributed by atoms with Crippen LogP contribution in [0.5, 0.6) is 0 Å². The van der Waals surface area contributed by atoms with Crippen molar-refractivity contribution in [1.82, 2.24) is 0 Å². The second-order valence-corrected chi connectivity index (χ2v) is 4.85. The molecule has 0 aromatic heterocycles. The number of halogens is 2. The van der Waals surface area contributed by atoms with E-state index in [1.165, 1.54) is 5.56 Å². The molecule has 0 amide bonds. The van der Waals surface area contributed by atoms with Crippen LogP contribution in [0.2, 0.25) is 5.02 Å². The summed E-state index contributed by atoms with van der Waals surface area (Å²) in [6.45, 7) is 0.877. The van der Waals surface area contributed by atoms with Crippen LogP contribution in [0.3, 0.4) is 0 Å². The third-order valence-electron chi connectivity index (χ3n) is 3.33. The van der Waals surface area contributed by atoms with Gasteiger partial charge in [-0.15, -0.1) is 0 Å². The molecule has 18 heavy (non-hydrogen) atoms. The molecular weight excluding hydrogens is 249 g/mol. The zero-order chi connectivity index (χ0) is 12.5. The molecule has 1 N–H and O–H groups in total. The van der Waals surface area contributed by atoms with Gasteiger partial charge in [-0.1, -0.05) is 48.0 Å². The van der Waals surface area contributed by atoms with Crippen LogP contribution in [0.1, 0.15) is 22.9 Å². The highest BCUT2D eigenvalue weighted by atomic mass is 35.5. The summed E-state index contributed by atoms with van der Waals surface area (Å²) in [4.78, 5) is 0. The van der Waals surface area contributed by atoms with Gasteiger partial charge < -0.3 is 5.32 Å². The van der Waals surface area contributed by atoms with E-state index < -0.39 is 6.17 Å². The van der Waals surface area contributed by atoms with E-state index >= 15 is 0 Å². The Balaban J connectivity index is 2.06. The minimum Gasteiger partial charge on any atom is -0.384 e. The number of hydrogen-bond donors (Lipinski definition) is 1. The molecule has 0 saturated heterocycles. The number of alkyl halides is 1. The van der Waals surface area contributed by atoms with Crippen LogP contribution in [0.15, 0.2) is 42.5 Å². The van der Waals surface area contributed by atoms with E-state index in [-0.39, 0.29) is 0 Å². The first-order valence-electron chi connectivity index (χ1n) is 6.01. The topological polar surface area (TPSA) is 12.0 Å². The lowest BCUT2D eigenvalue weighted by molar-refractivity contribution is 0.403. The molecule has 0 aliphatic carbocycles. The van der Waals surface area contributed by atoms with Crippen molar-refractivity contribution >= 4 is 17.3 Å². The van der Waals surface area contributed by atoms with Crippen LogP contribution in [0.25, 0.3) is 0 Å². The Morgan fingerprint density at radius 1 is 1.06 bits per heavy atom. The third kappa shape index (κ3) is 1.87. The normalized spacial score (nSPS) is 15.0. The van der Waals surface area contributed by atoms with Crippen molar-refractivity contribution in [3.63, 3.8) is 0 Å². The summed E-state index contributed by atoms with van der Waals surface area (Å²) in [5.41, 5.74) is 3.33. The smallest absolute Gasteiger partial charge is 0.154 e. The Morgan fingerprint density at radius 3 is 2.67 bits per heavy atom. The van der Waals surface area contributed by atoms with Gasteiger partial charge in [-0.25, -0.2) is 4.39 Å². The van der Waals surface area contributed by atoms with Crippen molar-refractivity contribution in [3.8, 4) is 0 Å². The molecule has 2 aromatic rings. The molecular formula is C15H13ClFN. The summed E-state index contributed by atoms with van der Waals surface area (Å²) >= 11 is 6.06. The van der Waals surface area contributed by atoms with Crippen molar-refractivity contribution < 1.29 is 4.39 Å². The fraction of sp³-hybridized carbons (Fsp3) is 0.200. The van der Waals surface area contributed by atoms with Gasteiger partial charge in [0, 0.05) is 28.4 Å². The first-order chi connectivity index (χ1) is 8.77. The first-order valence-corrected chi connectivity index (χ1v) is 6.39. The minimum absolute atomic E-state index is 0.473. The molecule has 1 atom stereocenters. The quantitative estimate of drug-likeness (QED) is 0.847. The Labute approximate surface area is 111 Å². The first kappa shape index (κ1) is 11.5. The number of para-hydroxylation sites is 1. The number of hydrogen-bond acceptors (Lipinski definition) is 1. The molecule has 0 bridgehead atoms. The van der Waals surface area contributed by atoms with Crippen molar-refractivity contribution in [3.05, 3.63) is 64.2 Å². The van der Waals surface area contributed by atoms with E-state index in [4.69, 9.17) is 11.6 Å². The molecule has 0 spiro atoms. The van der Waals surface area contributed by atoms with Gasteiger partial charge >= 0.3 is 0 Å². The highest BCUT2D eigenvalue weighted by Gasteiger charge is 2.22. The standard InChI is InChI=1S/C15H13ClFN/c16-13-7-2-1-5-11(13)14(17)12-6-3-4-10-8-9-18-15(10)12/h1-7,14,18H,8-9H2. The Kier molecular flexibility index (Phi) is 2.96. The average Bonchev–Trinajstić information content (AvgIpc) is 2.86. The molecule has 92 valence electrons. The summed E-state index contributed by atoms with van der Waals surface area (Å²) < 4.78 is 14.7. The molecule has 1 nitrogen and oxygen atoms in total. The van der Waals surface area contributed by atoms with E-state index in [9.17, 15) is 4.39 Å². The van der Waals surface area contributed by atoms with E-state index in [2.05, 4.69) is 5.32 Å². The highest BCUT2D eigenvalue weighted by Crippen LogP contribution is 2.38. The molecule has 3 rings (SSSR count). The Morgan fingerprint density at radius 2 is 1.83 bits per heavy atom. The SMILES string of the molecule is FC(c1ccccc1Cl)c1cccc2c1NCC2. The van der Waals surface area contributed by atoms with E-state index in [0.29, 0.717) is 16.1 Å². The lowest BCUT2D eigenvalue weighted by atomic mass is 9.99. The monoisotopic (exact) mass is 261 g/mol. The summed E-state index contributed by atoms with van der Waals surface area (Å²) in [5, 5.41) is 3.73. The molecule has 1 aliphatic heterocycles. The number of benzene rings is 2. The zero-order valence-electron chi connectivity index (χ0n) is 9.79. The molecule has 1 heterocycles. The fourth-order valence-electron chi connectivity index (χ4n) is 2.43. The maximum absolute atomic E-state index is 14.7. The molecule has 1 unspecified atom stereocenters. The second-order valence-electron chi connectivity index (χ2n) is 4.44. The van der Waals surface area contributed by atoms with Crippen molar-refractivity contribution in [2.75, 3.05) is 11.9 Å². The lowest BCUT2D eigenvalue weighted by Crippen LogP contribution is -2.01. The van der Waals surface area contributed by atoms with Gasteiger partial charge in [0.1, 0.15) is 0 Å². The van der Waals surface area contributed by atoms with E-state index in [1.807, 2.05) is 30.3 Å². The molecule has 1 aliphatic rings. The van der Waals surface area contributed by atoms with Gasteiger partial charge in [0.25, 0.3) is 0 Å². The molecule has 2 aromatic carbocycles. The summed E-state index contributed by atoms with van der Waals surface area (Å²) in [6.07, 6.45) is -0.224. The zero-order valence-corrected chi connectivity index (χ0v) is 10.5. The van der Waals surface area contributed by atoms with Crippen LogP contribution in [0.4, 0.5) is 10.1 Å². The molecule has 0 saturated carbocycles. The molecule has 0 radical (unpaired) electrons. The number of fused-ring (bicyclic) bond motifs is 1. The highest BCUT2D eigenvalue weighted by molar-refractivity contribution is 6.31. The van der Waals surface area contributed by atoms with Crippen molar-refractivity contribution in [1.29, 1.82) is 0 Å². The van der Waals surface area contributed by atoms with Crippen LogP contribution in [0, 0.1) is 0 Å². The van der Waals surface area contributed by atoms with Gasteiger partial charge in [0.05, 0.1) is 0 Å². The average molecular weight is 262 g/mol. The van der Waals surface area contributed by atoms with Gasteiger partial charge in [-0.2, -0.15) is 0 Å². The van der Waals surface area contributed by atoms with E-state index in [1.54, 1.807) is 12.1 Å². The van der Waals surface area contributed by atoms with Gasteiger partial charge in [-0.3, -0.25) is 0 Å². The third-order valence-corrected chi connectivity index (χ3v) is 3.67. The maximum Gasteiger partial charge on any atom is 0.154 e. The summed E-state index contributed by atoms with van der Waals surface area (Å²) in [6, 6.07) is 12.9. The second kappa shape index (κ2) is 4.62. The Bertz CT molecular complexity index is 582. The van der Waals surface area contributed by atoms with Crippen molar-refractivity contribution in [2.24, 2.45) is 0 Å². The number of nitrogens with one attached hydrogen (secondary N) is 1. The van der Waals surface area contributed by atoms with Crippen LogP contribution in [-0.2, 0) is 6.42 Å².